The number of aliphatic hydroxyl groups excluding tert-OH is 2. The predicted molar refractivity (Wildman–Crippen MR) is 56.1 cm³/mol. The first-order valence-corrected chi connectivity index (χ1v) is 7.07. The second-order valence-electron chi connectivity index (χ2n) is 7.63. The molecule has 0 spiro atoms. The lowest BCUT2D eigenvalue weighted by Crippen LogP contribution is -2.41. The molecule has 0 radical (unpaired) electrons. The molecule has 0 amide bonds. The second kappa shape index (κ2) is 1.91. The van der Waals surface area contributed by atoms with Gasteiger partial charge in [-0.05, 0) is 65.6 Å². The van der Waals surface area contributed by atoms with E-state index in [0.29, 0.717) is 0 Å². The van der Waals surface area contributed by atoms with E-state index >= 15 is 0 Å². The molecule has 2 heteroatoms. The minimum atomic E-state index is -0.0401. The van der Waals surface area contributed by atoms with Crippen molar-refractivity contribution in [3.8, 4) is 0 Å². The Morgan fingerprint density at radius 2 is 1.25 bits per heavy atom. The molecule has 0 aromatic heterocycles. The molecule has 2 nitrogen and oxygen atoms in total. The number of aliphatic hydroxyl groups is 2. The molecular formula is C14H18O2. The van der Waals surface area contributed by atoms with Gasteiger partial charge in [0.1, 0.15) is 0 Å². The molecule has 4 bridgehead atoms. The first-order chi connectivity index (χ1) is 7.85. The van der Waals surface area contributed by atoms with Crippen LogP contribution < -0.4 is 0 Å². The highest BCUT2D eigenvalue weighted by Gasteiger charge is 2.91. The van der Waals surface area contributed by atoms with Gasteiger partial charge >= 0.3 is 0 Å². The average Bonchev–Trinajstić information content (AvgIpc) is 2.88. The van der Waals surface area contributed by atoms with Crippen molar-refractivity contribution in [2.24, 2.45) is 64.6 Å². The summed E-state index contributed by atoms with van der Waals surface area (Å²) in [5.74, 6) is 9.33. The van der Waals surface area contributed by atoms with E-state index in [9.17, 15) is 10.2 Å². The largest absolute Gasteiger partial charge is 0.396 e. The van der Waals surface area contributed by atoms with Crippen molar-refractivity contribution >= 4 is 0 Å². The summed E-state index contributed by atoms with van der Waals surface area (Å²) in [4.78, 5) is 0. The Hall–Kier alpha value is -0.0800. The van der Waals surface area contributed by atoms with E-state index in [1.165, 1.54) is 6.42 Å². The van der Waals surface area contributed by atoms with Crippen LogP contribution in [0.5, 0.6) is 0 Å². The molecule has 16 heavy (non-hydrogen) atoms. The molecule has 7 saturated carbocycles. The maximum absolute atomic E-state index is 9.87. The molecule has 0 saturated heterocycles. The first kappa shape index (κ1) is 8.10. The van der Waals surface area contributed by atoms with Crippen molar-refractivity contribution in [1.29, 1.82) is 0 Å². The van der Waals surface area contributed by atoms with Crippen LogP contribution in [0.25, 0.3) is 0 Å². The van der Waals surface area contributed by atoms with Crippen LogP contribution in [0.2, 0.25) is 0 Å². The average molecular weight is 218 g/mol. The summed E-state index contributed by atoms with van der Waals surface area (Å²) in [6.45, 7) is 0.523. The number of hydrogen-bond acceptors (Lipinski definition) is 2. The van der Waals surface area contributed by atoms with E-state index < -0.39 is 0 Å². The van der Waals surface area contributed by atoms with Crippen LogP contribution in [-0.2, 0) is 0 Å². The maximum Gasteiger partial charge on any atom is 0.0515 e. The minimum Gasteiger partial charge on any atom is -0.396 e. The molecule has 0 aromatic rings. The van der Waals surface area contributed by atoms with E-state index in [4.69, 9.17) is 0 Å². The van der Waals surface area contributed by atoms with E-state index in [1.54, 1.807) is 0 Å². The van der Waals surface area contributed by atoms with E-state index in [0.717, 1.165) is 59.2 Å². The molecule has 0 aromatic carbocycles. The Bertz CT molecular complexity index is 377. The van der Waals surface area contributed by atoms with Crippen molar-refractivity contribution in [1.82, 2.24) is 0 Å². The highest BCUT2D eigenvalue weighted by molar-refractivity contribution is 5.38. The highest BCUT2D eigenvalue weighted by Crippen LogP contribution is 2.94. The van der Waals surface area contributed by atoms with E-state index in [1.807, 2.05) is 0 Å². The van der Waals surface area contributed by atoms with E-state index in [-0.39, 0.29) is 18.6 Å². The molecular weight excluding hydrogens is 200 g/mol. The minimum absolute atomic E-state index is 0.0401. The van der Waals surface area contributed by atoms with E-state index in [2.05, 4.69) is 0 Å². The smallest absolute Gasteiger partial charge is 0.0515 e. The van der Waals surface area contributed by atoms with Gasteiger partial charge in [-0.2, -0.15) is 0 Å². The van der Waals surface area contributed by atoms with Crippen LogP contribution in [0.15, 0.2) is 0 Å². The van der Waals surface area contributed by atoms with Crippen LogP contribution in [-0.4, -0.2) is 23.4 Å². The van der Waals surface area contributed by atoms with Crippen LogP contribution in [0.4, 0.5) is 0 Å². The Balaban J connectivity index is 1.67. The normalized spacial score (nSPS) is 76.9. The molecule has 2 N–H and O–H groups in total. The molecule has 7 aliphatic rings. The van der Waals surface area contributed by atoms with Crippen molar-refractivity contribution in [3.05, 3.63) is 0 Å². The Labute approximate surface area is 95.0 Å². The summed E-state index contributed by atoms with van der Waals surface area (Å²) < 4.78 is 0. The van der Waals surface area contributed by atoms with Crippen molar-refractivity contribution < 1.29 is 10.2 Å². The fourth-order valence-electron chi connectivity index (χ4n) is 8.76. The summed E-state index contributed by atoms with van der Waals surface area (Å²) in [6.07, 6.45) is 1.53. The molecule has 10 atom stereocenters. The lowest BCUT2D eigenvalue weighted by atomic mass is 9.60. The van der Waals surface area contributed by atoms with Gasteiger partial charge in [0, 0.05) is 5.41 Å². The Morgan fingerprint density at radius 3 is 1.69 bits per heavy atom. The third-order valence-corrected chi connectivity index (χ3v) is 8.32. The highest BCUT2D eigenvalue weighted by atomic mass is 16.3. The van der Waals surface area contributed by atoms with Crippen LogP contribution in [0.1, 0.15) is 6.42 Å². The Morgan fingerprint density at radius 1 is 0.750 bits per heavy atom. The van der Waals surface area contributed by atoms with Crippen molar-refractivity contribution in [3.63, 3.8) is 0 Å². The summed E-state index contributed by atoms with van der Waals surface area (Å²) in [5, 5.41) is 19.7. The molecule has 7 rings (SSSR count). The molecule has 86 valence electrons. The molecule has 0 aliphatic heterocycles. The third kappa shape index (κ3) is 0.425. The van der Waals surface area contributed by atoms with Crippen LogP contribution >= 0.6 is 0 Å². The quantitative estimate of drug-likeness (QED) is 0.712. The van der Waals surface area contributed by atoms with Gasteiger partial charge in [0.15, 0.2) is 0 Å². The predicted octanol–water partition coefficient (Wildman–Crippen LogP) is 0.591. The molecule has 7 fully saturated rings. The summed E-state index contributed by atoms with van der Waals surface area (Å²) in [7, 11) is 0. The van der Waals surface area contributed by atoms with Crippen molar-refractivity contribution in [2.75, 3.05) is 13.2 Å². The third-order valence-electron chi connectivity index (χ3n) is 8.32. The monoisotopic (exact) mass is 218 g/mol. The van der Waals surface area contributed by atoms with Gasteiger partial charge in [-0.1, -0.05) is 0 Å². The van der Waals surface area contributed by atoms with Gasteiger partial charge < -0.3 is 10.2 Å². The summed E-state index contributed by atoms with van der Waals surface area (Å²) in [5.41, 5.74) is -0.0401. The zero-order valence-corrected chi connectivity index (χ0v) is 9.29. The zero-order chi connectivity index (χ0) is 10.4. The summed E-state index contributed by atoms with van der Waals surface area (Å²) >= 11 is 0. The second-order valence-corrected chi connectivity index (χ2v) is 7.63. The SMILES string of the molecule is OCC1(CO)[C@@H]2[C@H]3[C@@H]4[C@H]5C[C@H]6[C@@H]4[C@H]3[C@H]1[C@H]6[C@@H]52. The molecule has 0 heterocycles. The number of hydrogen-bond donors (Lipinski definition) is 2. The summed E-state index contributed by atoms with van der Waals surface area (Å²) in [6, 6.07) is 0. The topological polar surface area (TPSA) is 40.5 Å². The van der Waals surface area contributed by atoms with Crippen LogP contribution in [0, 0.1) is 64.6 Å². The Kier molecular flexibility index (Phi) is 0.966. The van der Waals surface area contributed by atoms with Crippen molar-refractivity contribution in [2.45, 2.75) is 6.42 Å². The van der Waals surface area contributed by atoms with Gasteiger partial charge in [-0.25, -0.2) is 0 Å². The van der Waals surface area contributed by atoms with Gasteiger partial charge in [-0.3, -0.25) is 0 Å². The standard InChI is InChI=1S/C14H18O2/c15-2-14(3-16)12-8-4-1-5-7-6(4)10(12)11(7)13(14)9(5)8/h4-13,15-16H,1-3H2/t4-,5+,6-,7+,8-,9-,10+,11-,12+,13-/m1/s1. The van der Waals surface area contributed by atoms with Gasteiger partial charge in [-0.15, -0.1) is 0 Å². The molecule has 0 unspecified atom stereocenters. The fraction of sp³-hybridized carbons (Fsp3) is 1.00. The van der Waals surface area contributed by atoms with Crippen LogP contribution in [0.3, 0.4) is 0 Å². The van der Waals surface area contributed by atoms with Gasteiger partial charge in [0.2, 0.25) is 0 Å². The molecule has 7 aliphatic carbocycles. The lowest BCUT2D eigenvalue weighted by molar-refractivity contribution is 0.00446. The zero-order valence-electron chi connectivity index (χ0n) is 9.29. The number of rotatable bonds is 2. The fourth-order valence-corrected chi connectivity index (χ4v) is 8.76. The van der Waals surface area contributed by atoms with Gasteiger partial charge in [0.05, 0.1) is 13.2 Å². The lowest BCUT2D eigenvalue weighted by Gasteiger charge is -2.44. The van der Waals surface area contributed by atoms with Gasteiger partial charge in [0.25, 0.3) is 0 Å². The maximum atomic E-state index is 9.87. The first-order valence-electron chi connectivity index (χ1n) is 7.07.